The Bertz CT molecular complexity index is 977. The van der Waals surface area contributed by atoms with Crippen molar-refractivity contribution in [1.29, 1.82) is 0 Å². The lowest BCUT2D eigenvalue weighted by Crippen LogP contribution is -2.63. The lowest BCUT2D eigenvalue weighted by atomic mass is 9.98. The topological polar surface area (TPSA) is 150 Å². The van der Waals surface area contributed by atoms with Crippen molar-refractivity contribution in [3.63, 3.8) is 0 Å². The van der Waals surface area contributed by atoms with Crippen molar-refractivity contribution in [2.75, 3.05) is 6.61 Å². The largest absolute Gasteiger partial charge is 0.463 e. The zero-order valence-corrected chi connectivity index (χ0v) is 21.8. The molecule has 0 N–H and O–H groups in total. The van der Waals surface area contributed by atoms with Crippen molar-refractivity contribution in [2.24, 2.45) is 0 Å². The van der Waals surface area contributed by atoms with Gasteiger partial charge in [0.25, 0.3) is 0 Å². The van der Waals surface area contributed by atoms with Crippen molar-refractivity contribution in [3.05, 3.63) is 21.8 Å². The van der Waals surface area contributed by atoms with E-state index in [4.69, 9.17) is 33.2 Å². The second-order valence-electron chi connectivity index (χ2n) is 7.40. The third-order valence-electron chi connectivity index (χ3n) is 4.31. The van der Waals surface area contributed by atoms with E-state index in [1.807, 2.05) is 22.6 Å². The number of ether oxygens (including phenoxy) is 7. The lowest BCUT2D eigenvalue weighted by molar-refractivity contribution is -0.288. The Kier molecular flexibility index (Phi) is 10.2. The fraction of sp³-hybridized carbons (Fsp3) is 0.500. The van der Waals surface area contributed by atoms with Gasteiger partial charge in [0.1, 0.15) is 24.2 Å². The molecule has 0 bridgehead atoms. The van der Waals surface area contributed by atoms with Crippen molar-refractivity contribution in [1.82, 2.24) is 0 Å². The van der Waals surface area contributed by atoms with Gasteiger partial charge in [-0.05, 0) is 34.7 Å². The van der Waals surface area contributed by atoms with Crippen LogP contribution in [-0.4, -0.2) is 67.2 Å². The molecule has 0 aliphatic carbocycles. The molecule has 0 saturated carbocycles. The average Bonchev–Trinajstić information content (AvgIpc) is 2.69. The minimum atomic E-state index is -1.40. The molecule has 1 aromatic carbocycles. The number of rotatable bonds is 8. The van der Waals surface area contributed by atoms with Gasteiger partial charge in [-0.25, -0.2) is 0 Å². The minimum absolute atomic E-state index is 0.161. The SMILES string of the molecule is CC(=O)OC[C@H]1O[C@@H](Oc2cc(I)cc(OC(C)=O)c2)[C@H](OC(C)=O)[C@@H](OC(C)=O)[C@@H]1OC(C)=O. The van der Waals surface area contributed by atoms with E-state index in [1.165, 1.54) is 19.9 Å². The quantitative estimate of drug-likeness (QED) is 0.183. The first-order chi connectivity index (χ1) is 16.3. The van der Waals surface area contributed by atoms with Gasteiger partial charge < -0.3 is 33.2 Å². The molecule has 12 nitrogen and oxygen atoms in total. The molecule has 1 fully saturated rings. The van der Waals surface area contributed by atoms with E-state index in [2.05, 4.69) is 0 Å². The molecular weight excluding hydrogens is 583 g/mol. The number of hydrogen-bond donors (Lipinski definition) is 0. The smallest absolute Gasteiger partial charge is 0.308 e. The van der Waals surface area contributed by atoms with Gasteiger partial charge in [0, 0.05) is 44.3 Å². The molecule has 0 radical (unpaired) electrons. The molecule has 1 aliphatic rings. The highest BCUT2D eigenvalue weighted by Crippen LogP contribution is 2.32. The van der Waals surface area contributed by atoms with Gasteiger partial charge in [-0.1, -0.05) is 0 Å². The Balaban J connectivity index is 2.49. The maximum Gasteiger partial charge on any atom is 0.308 e. The molecule has 0 spiro atoms. The van der Waals surface area contributed by atoms with Crippen molar-refractivity contribution in [3.8, 4) is 11.5 Å². The van der Waals surface area contributed by atoms with Crippen LogP contribution in [0.4, 0.5) is 0 Å². The molecule has 35 heavy (non-hydrogen) atoms. The lowest BCUT2D eigenvalue weighted by Gasteiger charge is -2.43. The zero-order valence-electron chi connectivity index (χ0n) is 19.6. The molecule has 0 unspecified atom stereocenters. The maximum atomic E-state index is 11.9. The maximum absolute atomic E-state index is 11.9. The monoisotopic (exact) mass is 608 g/mol. The van der Waals surface area contributed by atoms with Gasteiger partial charge in [-0.15, -0.1) is 0 Å². The molecule has 1 aromatic rings. The summed E-state index contributed by atoms with van der Waals surface area (Å²) in [6, 6.07) is 4.57. The van der Waals surface area contributed by atoms with Crippen molar-refractivity contribution >= 4 is 52.4 Å². The summed E-state index contributed by atoms with van der Waals surface area (Å²) >= 11 is 1.98. The summed E-state index contributed by atoms with van der Waals surface area (Å²) in [6.45, 7) is 5.39. The molecular formula is C22H25IO12. The second-order valence-corrected chi connectivity index (χ2v) is 8.65. The normalized spacial score (nSPS) is 23.4. The third-order valence-corrected chi connectivity index (χ3v) is 4.93. The van der Waals surface area contributed by atoms with E-state index >= 15 is 0 Å². The highest BCUT2D eigenvalue weighted by molar-refractivity contribution is 14.1. The molecule has 0 amide bonds. The van der Waals surface area contributed by atoms with Gasteiger partial charge in [0.15, 0.2) is 12.2 Å². The number of hydrogen-bond acceptors (Lipinski definition) is 12. The number of benzene rings is 1. The molecule has 1 saturated heterocycles. The van der Waals surface area contributed by atoms with Crippen molar-refractivity contribution in [2.45, 2.75) is 65.3 Å². The predicted molar refractivity (Wildman–Crippen MR) is 123 cm³/mol. The standard InChI is InChI=1S/C22H25IO12/c1-10(24)29-9-18-19(31-12(3)26)20(32-13(4)27)21(33-14(5)28)22(35-18)34-17-7-15(23)6-16(8-17)30-11(2)25/h6-8,18-22H,9H2,1-5H3/t18-,19-,20+,21-,22-/m1/s1. The Morgan fingerprint density at radius 3 is 1.83 bits per heavy atom. The van der Waals surface area contributed by atoms with Crippen LogP contribution in [0.1, 0.15) is 34.6 Å². The fourth-order valence-corrected chi connectivity index (χ4v) is 3.86. The van der Waals surface area contributed by atoms with Crippen molar-refractivity contribution < 1.29 is 57.1 Å². The molecule has 2 rings (SSSR count). The van der Waals surface area contributed by atoms with Crippen LogP contribution >= 0.6 is 22.6 Å². The Labute approximate surface area is 214 Å². The Morgan fingerprint density at radius 1 is 0.743 bits per heavy atom. The van der Waals surface area contributed by atoms with E-state index in [1.54, 1.807) is 12.1 Å². The van der Waals surface area contributed by atoms with Gasteiger partial charge in [-0.3, -0.25) is 24.0 Å². The Hall–Kier alpha value is -2.94. The first-order valence-electron chi connectivity index (χ1n) is 10.3. The summed E-state index contributed by atoms with van der Waals surface area (Å²) in [5.41, 5.74) is 0. The van der Waals surface area contributed by atoms with E-state index in [0.717, 1.165) is 20.8 Å². The molecule has 1 aliphatic heterocycles. The van der Waals surface area contributed by atoms with Gasteiger partial charge in [0.05, 0.1) is 0 Å². The number of carbonyl (C=O) groups excluding carboxylic acids is 5. The van der Waals surface area contributed by atoms with Crippen LogP contribution in [0.3, 0.4) is 0 Å². The molecule has 13 heteroatoms. The van der Waals surface area contributed by atoms with E-state index in [0.29, 0.717) is 3.57 Å². The molecule has 0 aromatic heterocycles. The molecule has 1 heterocycles. The number of halogens is 1. The average molecular weight is 608 g/mol. The molecule has 192 valence electrons. The van der Waals surface area contributed by atoms with Crippen LogP contribution < -0.4 is 9.47 Å². The van der Waals surface area contributed by atoms with Gasteiger partial charge in [-0.2, -0.15) is 0 Å². The van der Waals surface area contributed by atoms with Crippen LogP contribution in [0.15, 0.2) is 18.2 Å². The highest BCUT2D eigenvalue weighted by atomic mass is 127. The van der Waals surface area contributed by atoms with E-state index in [9.17, 15) is 24.0 Å². The Morgan fingerprint density at radius 2 is 1.29 bits per heavy atom. The summed E-state index contributed by atoms with van der Waals surface area (Å²) in [5, 5.41) is 0. The van der Waals surface area contributed by atoms with E-state index < -0.39 is 60.6 Å². The first kappa shape index (κ1) is 28.3. The van der Waals surface area contributed by atoms with Gasteiger partial charge >= 0.3 is 29.8 Å². The van der Waals surface area contributed by atoms with E-state index in [-0.39, 0.29) is 18.1 Å². The van der Waals surface area contributed by atoms with Gasteiger partial charge in [0.2, 0.25) is 12.4 Å². The zero-order chi connectivity index (χ0) is 26.3. The predicted octanol–water partition coefficient (Wildman–Crippen LogP) is 1.68. The van der Waals surface area contributed by atoms with Crippen LogP contribution in [0.2, 0.25) is 0 Å². The summed E-state index contributed by atoms with van der Waals surface area (Å²) in [4.78, 5) is 58.3. The highest BCUT2D eigenvalue weighted by Gasteiger charge is 2.53. The summed E-state index contributed by atoms with van der Waals surface area (Å²) < 4.78 is 38.6. The summed E-state index contributed by atoms with van der Waals surface area (Å²) in [6.07, 6.45) is -6.61. The molecule has 5 atom stereocenters. The number of esters is 5. The first-order valence-corrected chi connectivity index (χ1v) is 11.4. The van der Waals surface area contributed by atoms with Crippen LogP contribution in [0.25, 0.3) is 0 Å². The summed E-state index contributed by atoms with van der Waals surface area (Å²) in [5.74, 6) is -3.10. The minimum Gasteiger partial charge on any atom is -0.463 e. The van der Waals surface area contributed by atoms with Crippen LogP contribution in [-0.2, 0) is 47.7 Å². The summed E-state index contributed by atoms with van der Waals surface area (Å²) in [7, 11) is 0. The van der Waals surface area contributed by atoms with Crippen LogP contribution in [0, 0.1) is 3.57 Å². The number of carbonyl (C=O) groups is 5. The second kappa shape index (κ2) is 12.7. The van der Waals surface area contributed by atoms with Crippen LogP contribution in [0.5, 0.6) is 11.5 Å². The third kappa shape index (κ3) is 8.98. The fourth-order valence-electron chi connectivity index (χ4n) is 3.25.